The molecule has 0 aliphatic carbocycles. The second kappa shape index (κ2) is 5.75. The van der Waals surface area contributed by atoms with Crippen LogP contribution in [-0.2, 0) is 20.3 Å². The average Bonchev–Trinajstić information content (AvgIpc) is 2.28. The van der Waals surface area contributed by atoms with E-state index in [2.05, 4.69) is 4.90 Å². The van der Waals surface area contributed by atoms with Gasteiger partial charge in [-0.2, -0.15) is 0 Å². The smallest absolute Gasteiger partial charge is 0.261 e. The van der Waals surface area contributed by atoms with Crippen molar-refractivity contribution in [3.05, 3.63) is 28.8 Å². The Morgan fingerprint density at radius 1 is 1.28 bits per heavy atom. The number of hydrogen-bond acceptors (Lipinski definition) is 4. The van der Waals surface area contributed by atoms with E-state index in [4.69, 9.17) is 27.0 Å². The molecule has 0 unspecified atom stereocenters. The average molecular weight is 310 g/mol. The molecule has 0 aromatic heterocycles. The van der Waals surface area contributed by atoms with Crippen molar-refractivity contribution in [3.63, 3.8) is 0 Å². The maximum atomic E-state index is 11.5. The second-order valence-corrected chi connectivity index (χ2v) is 7.05. The van der Waals surface area contributed by atoms with Gasteiger partial charge in [0.15, 0.2) is 0 Å². The van der Waals surface area contributed by atoms with Gasteiger partial charge in [0.25, 0.3) is 9.05 Å². The summed E-state index contributed by atoms with van der Waals surface area (Å²) in [6.45, 7) is 3.36. The number of rotatable bonds is 3. The van der Waals surface area contributed by atoms with Crippen molar-refractivity contribution >= 4 is 31.3 Å². The molecule has 1 aliphatic heterocycles. The highest BCUT2D eigenvalue weighted by molar-refractivity contribution is 8.13. The Balaban J connectivity index is 2.27. The molecular weight excluding hydrogens is 297 g/mol. The first-order chi connectivity index (χ1) is 8.47. The Morgan fingerprint density at radius 3 is 2.56 bits per heavy atom. The maximum Gasteiger partial charge on any atom is 0.261 e. The summed E-state index contributed by atoms with van der Waals surface area (Å²) >= 11 is 5.90. The fourth-order valence-electron chi connectivity index (χ4n) is 1.91. The van der Waals surface area contributed by atoms with Crippen molar-refractivity contribution in [2.24, 2.45) is 0 Å². The lowest BCUT2D eigenvalue weighted by Gasteiger charge is -2.27. The quantitative estimate of drug-likeness (QED) is 0.802. The molecule has 2 rings (SSSR count). The third-order valence-electron chi connectivity index (χ3n) is 2.78. The molecule has 100 valence electrons. The summed E-state index contributed by atoms with van der Waals surface area (Å²) in [5, 5.41) is 0.502. The molecule has 0 atom stereocenters. The monoisotopic (exact) mass is 309 g/mol. The molecule has 0 radical (unpaired) electrons. The normalized spacial score (nSPS) is 17.9. The molecule has 0 saturated carbocycles. The summed E-state index contributed by atoms with van der Waals surface area (Å²) in [6, 6.07) is 4.62. The minimum absolute atomic E-state index is 0.125. The predicted molar refractivity (Wildman–Crippen MR) is 70.6 cm³/mol. The van der Waals surface area contributed by atoms with E-state index in [9.17, 15) is 8.42 Å². The Kier molecular flexibility index (Phi) is 4.50. The third-order valence-corrected chi connectivity index (χ3v) is 4.44. The minimum atomic E-state index is -3.75. The number of benzene rings is 1. The molecule has 1 aliphatic rings. The number of halogens is 2. The van der Waals surface area contributed by atoms with Crippen molar-refractivity contribution < 1.29 is 13.2 Å². The van der Waals surface area contributed by atoms with E-state index in [1.807, 2.05) is 0 Å². The number of ether oxygens (including phenoxy) is 1. The lowest BCUT2D eigenvalue weighted by atomic mass is 10.2. The van der Waals surface area contributed by atoms with Crippen LogP contribution in [0.25, 0.3) is 0 Å². The zero-order valence-corrected chi connectivity index (χ0v) is 11.9. The van der Waals surface area contributed by atoms with Gasteiger partial charge in [-0.15, -0.1) is 0 Å². The van der Waals surface area contributed by atoms with E-state index >= 15 is 0 Å². The van der Waals surface area contributed by atoms with Gasteiger partial charge in [0.05, 0.1) is 18.1 Å². The van der Waals surface area contributed by atoms with Crippen LogP contribution in [0, 0.1) is 0 Å². The van der Waals surface area contributed by atoms with Gasteiger partial charge in [0, 0.05) is 35.3 Å². The zero-order valence-electron chi connectivity index (χ0n) is 9.60. The molecule has 1 aromatic carbocycles. The van der Waals surface area contributed by atoms with E-state index < -0.39 is 9.05 Å². The first kappa shape index (κ1) is 14.1. The zero-order chi connectivity index (χ0) is 13.2. The molecule has 1 fully saturated rings. The van der Waals surface area contributed by atoms with Gasteiger partial charge in [-0.25, -0.2) is 8.42 Å². The molecule has 18 heavy (non-hydrogen) atoms. The number of morpholine rings is 1. The van der Waals surface area contributed by atoms with Crippen LogP contribution in [0.15, 0.2) is 23.1 Å². The van der Waals surface area contributed by atoms with Crippen molar-refractivity contribution in [1.29, 1.82) is 0 Å². The van der Waals surface area contributed by atoms with Gasteiger partial charge in [-0.05, 0) is 23.8 Å². The Hall–Kier alpha value is -0.330. The van der Waals surface area contributed by atoms with E-state index in [0.29, 0.717) is 30.3 Å². The van der Waals surface area contributed by atoms with Crippen LogP contribution in [0.3, 0.4) is 0 Å². The van der Waals surface area contributed by atoms with Crippen LogP contribution in [0.2, 0.25) is 5.02 Å². The van der Waals surface area contributed by atoms with Gasteiger partial charge in [0.2, 0.25) is 0 Å². The van der Waals surface area contributed by atoms with Gasteiger partial charge in [0.1, 0.15) is 0 Å². The van der Waals surface area contributed by atoms with Crippen molar-refractivity contribution in [2.75, 3.05) is 26.3 Å². The molecule has 1 aromatic rings. The van der Waals surface area contributed by atoms with Gasteiger partial charge < -0.3 is 4.74 Å². The molecule has 0 amide bonds. The largest absolute Gasteiger partial charge is 0.379 e. The molecule has 0 bridgehead atoms. The topological polar surface area (TPSA) is 46.6 Å². The number of nitrogens with zero attached hydrogens (tertiary/aromatic N) is 1. The predicted octanol–water partition coefficient (Wildman–Crippen LogP) is 2.10. The van der Waals surface area contributed by atoms with E-state index in [0.717, 1.165) is 13.1 Å². The molecule has 0 spiro atoms. The summed E-state index contributed by atoms with van der Waals surface area (Å²) in [7, 11) is 1.67. The van der Waals surface area contributed by atoms with E-state index in [1.165, 1.54) is 12.1 Å². The van der Waals surface area contributed by atoms with Gasteiger partial charge >= 0.3 is 0 Å². The fourth-order valence-corrected chi connectivity index (χ4v) is 3.22. The minimum Gasteiger partial charge on any atom is -0.379 e. The SMILES string of the molecule is O=S(=O)(Cl)c1ccc(Cl)cc1CN1CCOCC1. The molecule has 1 saturated heterocycles. The van der Waals surface area contributed by atoms with E-state index in [1.54, 1.807) is 6.07 Å². The fraction of sp³-hybridized carbons (Fsp3) is 0.455. The number of hydrogen-bond donors (Lipinski definition) is 0. The lowest BCUT2D eigenvalue weighted by molar-refractivity contribution is 0.0338. The van der Waals surface area contributed by atoms with Crippen LogP contribution in [-0.4, -0.2) is 39.6 Å². The van der Waals surface area contributed by atoms with Crippen molar-refractivity contribution in [1.82, 2.24) is 4.90 Å². The Morgan fingerprint density at radius 2 is 1.94 bits per heavy atom. The first-order valence-corrected chi connectivity index (χ1v) is 8.19. The van der Waals surface area contributed by atoms with Crippen LogP contribution >= 0.6 is 22.3 Å². The standard InChI is InChI=1S/C11H13Cl2NO3S/c12-10-1-2-11(18(13,15)16)9(7-10)8-14-3-5-17-6-4-14/h1-2,7H,3-6,8H2. The summed E-state index contributed by atoms with van der Waals surface area (Å²) in [5.41, 5.74) is 0.624. The highest BCUT2D eigenvalue weighted by Crippen LogP contribution is 2.25. The third kappa shape index (κ3) is 3.59. The highest BCUT2D eigenvalue weighted by atomic mass is 35.7. The maximum absolute atomic E-state index is 11.5. The van der Waals surface area contributed by atoms with Crippen LogP contribution in [0.5, 0.6) is 0 Å². The highest BCUT2D eigenvalue weighted by Gasteiger charge is 2.19. The van der Waals surface area contributed by atoms with Crippen LogP contribution in [0.1, 0.15) is 5.56 Å². The van der Waals surface area contributed by atoms with Crippen LogP contribution < -0.4 is 0 Å². The molecule has 4 nitrogen and oxygen atoms in total. The Bertz CT molecular complexity index is 527. The van der Waals surface area contributed by atoms with Crippen molar-refractivity contribution in [2.45, 2.75) is 11.4 Å². The molecule has 0 N–H and O–H groups in total. The molecular formula is C11H13Cl2NO3S. The summed E-state index contributed by atoms with van der Waals surface area (Å²) < 4.78 is 28.2. The molecule has 7 heteroatoms. The Labute approximate surface area is 116 Å². The van der Waals surface area contributed by atoms with E-state index in [-0.39, 0.29) is 4.90 Å². The van der Waals surface area contributed by atoms with Crippen molar-refractivity contribution in [3.8, 4) is 0 Å². The molecule has 1 heterocycles. The van der Waals surface area contributed by atoms with Gasteiger partial charge in [-0.3, -0.25) is 4.90 Å². The summed E-state index contributed by atoms with van der Waals surface area (Å²) in [5.74, 6) is 0. The summed E-state index contributed by atoms with van der Waals surface area (Å²) in [4.78, 5) is 2.24. The van der Waals surface area contributed by atoms with Gasteiger partial charge in [-0.1, -0.05) is 11.6 Å². The van der Waals surface area contributed by atoms with Crippen LogP contribution in [0.4, 0.5) is 0 Å². The first-order valence-electron chi connectivity index (χ1n) is 5.50. The second-order valence-electron chi connectivity index (χ2n) is 4.08. The summed E-state index contributed by atoms with van der Waals surface area (Å²) in [6.07, 6.45) is 0. The lowest BCUT2D eigenvalue weighted by Crippen LogP contribution is -2.35.